The Morgan fingerprint density at radius 2 is 1.97 bits per heavy atom. The fourth-order valence-corrected chi connectivity index (χ4v) is 4.23. The van der Waals surface area contributed by atoms with Crippen LogP contribution in [-0.4, -0.2) is 61.2 Å². The van der Waals surface area contributed by atoms with E-state index in [0.29, 0.717) is 23.7 Å². The van der Waals surface area contributed by atoms with Crippen LogP contribution in [0.15, 0.2) is 71.1 Å². The number of carbonyl (C=O) groups excluding carboxylic acids is 1. The van der Waals surface area contributed by atoms with Gasteiger partial charge in [0.15, 0.2) is 11.5 Å². The molecule has 0 radical (unpaired) electrons. The molecule has 0 spiro atoms. The van der Waals surface area contributed by atoms with Crippen molar-refractivity contribution in [2.24, 2.45) is 4.99 Å². The lowest BCUT2D eigenvalue weighted by Crippen LogP contribution is -2.38. The number of morpholine rings is 1. The standard InChI is InChI=1S/C26H27N3O5/c30-26(28-31)19-10-8-18(9-11-19)24-20-4-3-7-23(33-17-14-29-12-15-32-16-13-29)25(20)34-22-6-2-1-5-21(22)27-24/h1,3-5,7-11,31H,2,6,12-17H2,(H,28,30). The fraction of sp³-hybridized carbons (Fsp3) is 0.308. The van der Waals surface area contributed by atoms with Gasteiger partial charge in [0, 0.05) is 42.7 Å². The Hall–Kier alpha value is -3.46. The predicted molar refractivity (Wildman–Crippen MR) is 127 cm³/mol. The van der Waals surface area contributed by atoms with Crippen LogP contribution in [0.5, 0.6) is 11.5 Å². The van der Waals surface area contributed by atoms with Gasteiger partial charge in [0.25, 0.3) is 5.91 Å². The van der Waals surface area contributed by atoms with Crippen LogP contribution < -0.4 is 15.0 Å². The summed E-state index contributed by atoms with van der Waals surface area (Å²) in [5, 5.41) is 8.91. The molecule has 2 aromatic carbocycles. The molecule has 8 nitrogen and oxygen atoms in total. The highest BCUT2D eigenvalue weighted by atomic mass is 16.5. The molecule has 0 unspecified atom stereocenters. The van der Waals surface area contributed by atoms with E-state index in [0.717, 1.165) is 74.0 Å². The van der Waals surface area contributed by atoms with Crippen molar-refractivity contribution in [2.75, 3.05) is 39.5 Å². The van der Waals surface area contributed by atoms with Crippen molar-refractivity contribution >= 4 is 11.6 Å². The maximum atomic E-state index is 11.7. The summed E-state index contributed by atoms with van der Waals surface area (Å²) in [6.07, 6.45) is 5.73. The third kappa shape index (κ3) is 4.75. The Labute approximate surface area is 198 Å². The molecule has 0 aromatic heterocycles. The largest absolute Gasteiger partial charge is 0.488 e. The van der Waals surface area contributed by atoms with Gasteiger partial charge in [-0.25, -0.2) is 10.5 Å². The topological polar surface area (TPSA) is 92.6 Å². The highest BCUT2D eigenvalue weighted by molar-refractivity contribution is 6.16. The highest BCUT2D eigenvalue weighted by Gasteiger charge is 2.25. The Morgan fingerprint density at radius 3 is 2.76 bits per heavy atom. The van der Waals surface area contributed by atoms with Crippen molar-refractivity contribution in [3.05, 3.63) is 82.8 Å². The molecule has 8 heteroatoms. The van der Waals surface area contributed by atoms with E-state index in [1.807, 2.05) is 36.4 Å². The van der Waals surface area contributed by atoms with Crippen LogP contribution >= 0.6 is 0 Å². The molecule has 34 heavy (non-hydrogen) atoms. The van der Waals surface area contributed by atoms with Gasteiger partial charge in [-0.05, 0) is 36.8 Å². The second kappa shape index (κ2) is 10.2. The zero-order valence-corrected chi connectivity index (χ0v) is 18.8. The lowest BCUT2D eigenvalue weighted by molar-refractivity contribution is 0.0321. The van der Waals surface area contributed by atoms with E-state index in [9.17, 15) is 4.79 Å². The van der Waals surface area contributed by atoms with Crippen LogP contribution in [-0.2, 0) is 4.74 Å². The third-order valence-electron chi connectivity index (χ3n) is 6.08. The zero-order valence-electron chi connectivity index (χ0n) is 18.8. The predicted octanol–water partition coefficient (Wildman–Crippen LogP) is 3.31. The molecule has 2 heterocycles. The fourth-order valence-electron chi connectivity index (χ4n) is 4.23. The van der Waals surface area contributed by atoms with Gasteiger partial charge >= 0.3 is 0 Å². The van der Waals surface area contributed by atoms with Crippen molar-refractivity contribution in [3.8, 4) is 11.5 Å². The Balaban J connectivity index is 1.47. The molecular formula is C26H27N3O5. The molecule has 176 valence electrons. The minimum atomic E-state index is -0.561. The summed E-state index contributed by atoms with van der Waals surface area (Å²) in [6.45, 7) is 4.70. The minimum absolute atomic E-state index is 0.356. The van der Waals surface area contributed by atoms with E-state index < -0.39 is 5.91 Å². The Morgan fingerprint density at radius 1 is 1.15 bits per heavy atom. The van der Waals surface area contributed by atoms with Crippen molar-refractivity contribution in [1.29, 1.82) is 0 Å². The number of carbonyl (C=O) groups is 1. The van der Waals surface area contributed by atoms with Crippen LogP contribution in [0.25, 0.3) is 0 Å². The average Bonchev–Trinajstić information content (AvgIpc) is 3.06. The molecule has 2 aromatic rings. The number of ether oxygens (including phenoxy) is 3. The number of hydroxylamine groups is 1. The summed E-state index contributed by atoms with van der Waals surface area (Å²) in [4.78, 5) is 19.0. The number of allylic oxidation sites excluding steroid dienone is 3. The molecule has 0 bridgehead atoms. The number of aliphatic imine (C=N–C) groups is 1. The van der Waals surface area contributed by atoms with E-state index in [4.69, 9.17) is 24.4 Å². The minimum Gasteiger partial charge on any atom is -0.488 e. The maximum Gasteiger partial charge on any atom is 0.274 e. The van der Waals surface area contributed by atoms with Crippen LogP contribution in [0, 0.1) is 0 Å². The summed E-state index contributed by atoms with van der Waals surface area (Å²) in [5.41, 5.74) is 5.20. The van der Waals surface area contributed by atoms with Gasteiger partial charge in [-0.2, -0.15) is 0 Å². The summed E-state index contributed by atoms with van der Waals surface area (Å²) in [6, 6.07) is 12.8. The monoisotopic (exact) mass is 461 g/mol. The quantitative estimate of drug-likeness (QED) is 0.507. The third-order valence-corrected chi connectivity index (χ3v) is 6.08. The Kier molecular flexibility index (Phi) is 6.71. The van der Waals surface area contributed by atoms with Crippen molar-refractivity contribution < 1.29 is 24.2 Å². The number of hydrogen-bond acceptors (Lipinski definition) is 7. The first-order chi connectivity index (χ1) is 16.7. The van der Waals surface area contributed by atoms with Gasteiger partial charge in [0.2, 0.25) is 0 Å². The summed E-state index contributed by atoms with van der Waals surface area (Å²) >= 11 is 0. The van der Waals surface area contributed by atoms with Gasteiger partial charge in [-0.1, -0.05) is 24.3 Å². The van der Waals surface area contributed by atoms with Crippen molar-refractivity contribution in [1.82, 2.24) is 10.4 Å². The lowest BCUT2D eigenvalue weighted by atomic mass is 9.99. The molecule has 1 fully saturated rings. The summed E-state index contributed by atoms with van der Waals surface area (Å²) in [7, 11) is 0. The Bertz CT molecular complexity index is 1150. The maximum absolute atomic E-state index is 11.7. The van der Waals surface area contributed by atoms with E-state index >= 15 is 0 Å². The second-order valence-electron chi connectivity index (χ2n) is 8.27. The molecule has 3 aliphatic rings. The van der Waals surface area contributed by atoms with Crippen LogP contribution in [0.1, 0.15) is 34.3 Å². The van der Waals surface area contributed by atoms with E-state index in [2.05, 4.69) is 11.0 Å². The molecule has 0 saturated carbocycles. The molecule has 1 amide bonds. The first-order valence-electron chi connectivity index (χ1n) is 11.5. The highest BCUT2D eigenvalue weighted by Crippen LogP contribution is 2.39. The number of para-hydroxylation sites is 1. The van der Waals surface area contributed by atoms with E-state index in [-0.39, 0.29) is 0 Å². The molecule has 5 rings (SSSR count). The average molecular weight is 462 g/mol. The smallest absolute Gasteiger partial charge is 0.274 e. The van der Waals surface area contributed by atoms with Crippen LogP contribution in [0.3, 0.4) is 0 Å². The number of fused-ring (bicyclic) bond motifs is 1. The zero-order chi connectivity index (χ0) is 23.3. The molecule has 1 aliphatic carbocycles. The van der Waals surface area contributed by atoms with Gasteiger partial charge in [-0.3, -0.25) is 14.9 Å². The summed E-state index contributed by atoms with van der Waals surface area (Å²) in [5.74, 6) is 1.59. The van der Waals surface area contributed by atoms with E-state index in [1.54, 1.807) is 17.6 Å². The first kappa shape index (κ1) is 22.3. The van der Waals surface area contributed by atoms with E-state index in [1.165, 1.54) is 0 Å². The number of benzene rings is 2. The normalized spacial score (nSPS) is 17.7. The molecule has 0 atom stereocenters. The molecular weight excluding hydrogens is 434 g/mol. The van der Waals surface area contributed by atoms with Gasteiger partial charge in [-0.15, -0.1) is 0 Å². The second-order valence-corrected chi connectivity index (χ2v) is 8.27. The number of rotatable bonds is 6. The number of amides is 1. The summed E-state index contributed by atoms with van der Waals surface area (Å²) < 4.78 is 18.1. The molecule has 1 saturated heterocycles. The van der Waals surface area contributed by atoms with Crippen molar-refractivity contribution in [2.45, 2.75) is 12.8 Å². The van der Waals surface area contributed by atoms with Gasteiger partial charge < -0.3 is 14.2 Å². The molecule has 2 N–H and O–H groups in total. The van der Waals surface area contributed by atoms with Crippen LogP contribution in [0.2, 0.25) is 0 Å². The number of hydrogen-bond donors (Lipinski definition) is 2. The number of nitrogens with zero attached hydrogens (tertiary/aromatic N) is 2. The van der Waals surface area contributed by atoms with Gasteiger partial charge in [0.05, 0.1) is 18.9 Å². The lowest BCUT2D eigenvalue weighted by Gasteiger charge is -2.26. The SMILES string of the molecule is O=C(NO)c1ccc(C2=NC3=C(CCC=C3)Oc3c(OCCN4CCOCC4)cccc32)cc1. The molecule has 2 aliphatic heterocycles. The number of nitrogens with one attached hydrogen (secondary N) is 1. The first-order valence-corrected chi connectivity index (χ1v) is 11.5. The van der Waals surface area contributed by atoms with Crippen LogP contribution in [0.4, 0.5) is 0 Å². The van der Waals surface area contributed by atoms with Crippen molar-refractivity contribution in [3.63, 3.8) is 0 Å². The van der Waals surface area contributed by atoms with Gasteiger partial charge in [0.1, 0.15) is 18.1 Å².